The first-order chi connectivity index (χ1) is 9.04. The molecule has 0 amide bonds. The molecular weight excluding hydrogens is 254 g/mol. The third-order valence-corrected chi connectivity index (χ3v) is 2.50. The van der Waals surface area contributed by atoms with Crippen molar-refractivity contribution in [2.75, 3.05) is 0 Å². The van der Waals surface area contributed by atoms with Crippen molar-refractivity contribution in [3.63, 3.8) is 0 Å². The molecule has 0 atom stereocenters. The number of ketones is 1. The largest absolute Gasteiger partial charge is 0.435 e. The zero-order valence-corrected chi connectivity index (χ0v) is 10.2. The molecule has 2 rings (SSSR count). The molecule has 0 aliphatic heterocycles. The van der Waals surface area contributed by atoms with Crippen molar-refractivity contribution in [3.8, 4) is 5.75 Å². The van der Waals surface area contributed by atoms with E-state index in [0.717, 1.165) is 5.56 Å². The summed E-state index contributed by atoms with van der Waals surface area (Å²) in [4.78, 5) is 12.0. The van der Waals surface area contributed by atoms with Gasteiger partial charge in [-0.2, -0.15) is 13.9 Å². The van der Waals surface area contributed by atoms with Crippen LogP contribution in [0.2, 0.25) is 0 Å². The number of carbonyl (C=O) groups is 1. The average molecular weight is 266 g/mol. The molecule has 19 heavy (non-hydrogen) atoms. The Bertz CT molecular complexity index is 582. The van der Waals surface area contributed by atoms with Crippen LogP contribution in [0.4, 0.5) is 8.78 Å². The zero-order chi connectivity index (χ0) is 13.8. The van der Waals surface area contributed by atoms with Crippen LogP contribution in [-0.4, -0.2) is 22.2 Å². The highest BCUT2D eigenvalue weighted by atomic mass is 19.3. The summed E-state index contributed by atoms with van der Waals surface area (Å²) in [6.45, 7) is -2.90. The first kappa shape index (κ1) is 13.2. The van der Waals surface area contributed by atoms with Crippen LogP contribution >= 0.6 is 0 Å². The summed E-state index contributed by atoms with van der Waals surface area (Å²) < 4.78 is 30.0. The van der Waals surface area contributed by atoms with Crippen LogP contribution in [0.1, 0.15) is 15.9 Å². The van der Waals surface area contributed by atoms with E-state index in [0.29, 0.717) is 5.56 Å². The van der Waals surface area contributed by atoms with Gasteiger partial charge in [0.25, 0.3) is 0 Å². The van der Waals surface area contributed by atoms with E-state index in [1.165, 1.54) is 18.2 Å². The standard InChI is InChI=1S/C13H12F2N2O2/c1-17-8-9(7-16-17)5-12(18)10-3-2-4-11(6-10)19-13(14)15/h2-4,6-8,13H,5H2,1H3. The molecule has 0 fully saturated rings. The number of rotatable bonds is 5. The van der Waals surface area contributed by atoms with Gasteiger partial charge >= 0.3 is 6.61 Å². The minimum Gasteiger partial charge on any atom is -0.435 e. The molecule has 100 valence electrons. The van der Waals surface area contributed by atoms with Crippen molar-refractivity contribution in [1.29, 1.82) is 0 Å². The maximum Gasteiger partial charge on any atom is 0.387 e. The van der Waals surface area contributed by atoms with Gasteiger partial charge in [0.1, 0.15) is 5.75 Å². The summed E-state index contributed by atoms with van der Waals surface area (Å²) in [7, 11) is 1.76. The Morgan fingerprint density at radius 2 is 2.26 bits per heavy atom. The summed E-state index contributed by atoms with van der Waals surface area (Å²) in [5.74, 6) is -0.195. The van der Waals surface area contributed by atoms with Crippen LogP contribution in [0.15, 0.2) is 36.7 Å². The van der Waals surface area contributed by atoms with E-state index in [-0.39, 0.29) is 18.0 Å². The van der Waals surface area contributed by atoms with E-state index in [1.807, 2.05) is 0 Å². The van der Waals surface area contributed by atoms with Crippen molar-refractivity contribution >= 4 is 5.78 Å². The lowest BCUT2D eigenvalue weighted by molar-refractivity contribution is -0.0498. The third-order valence-electron chi connectivity index (χ3n) is 2.50. The Balaban J connectivity index is 2.10. The van der Waals surface area contributed by atoms with Crippen molar-refractivity contribution < 1.29 is 18.3 Å². The second-order valence-electron chi connectivity index (χ2n) is 4.03. The molecule has 0 radical (unpaired) electrons. The lowest BCUT2D eigenvalue weighted by atomic mass is 10.1. The second kappa shape index (κ2) is 5.60. The Hall–Kier alpha value is -2.24. The monoisotopic (exact) mass is 266 g/mol. The first-order valence-corrected chi connectivity index (χ1v) is 5.60. The SMILES string of the molecule is Cn1cc(CC(=O)c2cccc(OC(F)F)c2)cn1. The van der Waals surface area contributed by atoms with Crippen molar-refractivity contribution in [2.45, 2.75) is 13.0 Å². The number of ether oxygens (including phenoxy) is 1. The van der Waals surface area contributed by atoms with Gasteiger partial charge in [0.15, 0.2) is 5.78 Å². The predicted octanol–water partition coefficient (Wildman–Crippen LogP) is 2.45. The lowest BCUT2D eigenvalue weighted by Gasteiger charge is -2.05. The van der Waals surface area contributed by atoms with Crippen LogP contribution in [0.25, 0.3) is 0 Å². The van der Waals surface area contributed by atoms with Crippen molar-refractivity contribution in [3.05, 3.63) is 47.8 Å². The van der Waals surface area contributed by atoms with Crippen LogP contribution in [0, 0.1) is 0 Å². The zero-order valence-electron chi connectivity index (χ0n) is 10.2. The fraction of sp³-hybridized carbons (Fsp3) is 0.231. The number of hydrogen-bond acceptors (Lipinski definition) is 3. The molecule has 6 heteroatoms. The number of halogens is 2. The number of benzene rings is 1. The van der Waals surface area contributed by atoms with Gasteiger partial charge in [-0.1, -0.05) is 12.1 Å². The molecule has 0 unspecified atom stereocenters. The Morgan fingerprint density at radius 1 is 1.47 bits per heavy atom. The molecule has 0 spiro atoms. The van der Waals surface area contributed by atoms with Crippen molar-refractivity contribution in [2.24, 2.45) is 7.05 Å². The quantitative estimate of drug-likeness (QED) is 0.781. The van der Waals surface area contributed by atoms with Crippen LogP contribution in [-0.2, 0) is 13.5 Å². The number of aromatic nitrogens is 2. The van der Waals surface area contributed by atoms with E-state index in [1.54, 1.807) is 30.2 Å². The van der Waals surface area contributed by atoms with E-state index in [9.17, 15) is 13.6 Å². The maximum absolute atomic E-state index is 12.1. The highest BCUT2D eigenvalue weighted by Gasteiger charge is 2.11. The fourth-order valence-corrected chi connectivity index (χ4v) is 1.70. The van der Waals surface area contributed by atoms with Gasteiger partial charge in [-0.05, 0) is 17.7 Å². The molecule has 4 nitrogen and oxygen atoms in total. The summed E-state index contributed by atoms with van der Waals surface area (Å²) in [5, 5.41) is 3.96. The third kappa shape index (κ3) is 3.61. The van der Waals surface area contributed by atoms with E-state index in [2.05, 4.69) is 9.84 Å². The van der Waals surface area contributed by atoms with Crippen LogP contribution in [0.3, 0.4) is 0 Å². The summed E-state index contributed by atoms with van der Waals surface area (Å²) in [6.07, 6.45) is 3.50. The minimum atomic E-state index is -2.90. The molecule has 1 aromatic carbocycles. The summed E-state index contributed by atoms with van der Waals surface area (Å²) in [5.41, 5.74) is 1.11. The maximum atomic E-state index is 12.1. The van der Waals surface area contributed by atoms with Gasteiger partial charge in [0, 0.05) is 25.2 Å². The van der Waals surface area contributed by atoms with Gasteiger partial charge in [0.05, 0.1) is 6.20 Å². The molecule has 1 aromatic heterocycles. The Kier molecular flexibility index (Phi) is 3.89. The predicted molar refractivity (Wildman–Crippen MR) is 64.3 cm³/mol. The molecule has 0 saturated carbocycles. The van der Waals surface area contributed by atoms with Crippen LogP contribution in [0.5, 0.6) is 5.75 Å². The number of carbonyl (C=O) groups excluding carboxylic acids is 1. The summed E-state index contributed by atoms with van der Waals surface area (Å²) in [6, 6.07) is 5.77. The van der Waals surface area contributed by atoms with Gasteiger partial charge < -0.3 is 4.74 Å². The average Bonchev–Trinajstić information content (AvgIpc) is 2.74. The molecule has 2 aromatic rings. The Morgan fingerprint density at radius 3 is 2.89 bits per heavy atom. The first-order valence-electron chi connectivity index (χ1n) is 5.60. The number of nitrogens with zero attached hydrogens (tertiary/aromatic N) is 2. The second-order valence-corrected chi connectivity index (χ2v) is 4.03. The molecule has 1 heterocycles. The van der Waals surface area contributed by atoms with Gasteiger partial charge in [-0.25, -0.2) is 0 Å². The van der Waals surface area contributed by atoms with Crippen molar-refractivity contribution in [1.82, 2.24) is 9.78 Å². The Labute approximate surface area is 108 Å². The normalized spacial score (nSPS) is 10.7. The highest BCUT2D eigenvalue weighted by molar-refractivity contribution is 5.97. The molecule has 0 bridgehead atoms. The molecule has 0 aliphatic rings. The molecular formula is C13H12F2N2O2. The van der Waals surface area contributed by atoms with Crippen LogP contribution < -0.4 is 4.74 Å². The van der Waals surface area contributed by atoms with Gasteiger partial charge in [0.2, 0.25) is 0 Å². The fourth-order valence-electron chi connectivity index (χ4n) is 1.70. The van der Waals surface area contributed by atoms with Gasteiger partial charge in [-0.15, -0.1) is 0 Å². The smallest absolute Gasteiger partial charge is 0.387 e. The van der Waals surface area contributed by atoms with E-state index < -0.39 is 6.61 Å². The van der Waals surface area contributed by atoms with E-state index >= 15 is 0 Å². The molecule has 0 saturated heterocycles. The lowest BCUT2D eigenvalue weighted by Crippen LogP contribution is -2.05. The topological polar surface area (TPSA) is 44.1 Å². The number of alkyl halides is 2. The highest BCUT2D eigenvalue weighted by Crippen LogP contribution is 2.17. The van der Waals surface area contributed by atoms with E-state index in [4.69, 9.17) is 0 Å². The molecule has 0 N–H and O–H groups in total. The minimum absolute atomic E-state index is 0.0213. The molecule has 0 aliphatic carbocycles. The number of hydrogen-bond donors (Lipinski definition) is 0. The number of aryl methyl sites for hydroxylation is 1. The summed E-state index contributed by atoms with van der Waals surface area (Å²) >= 11 is 0. The number of Topliss-reactive ketones (excluding diaryl/α,β-unsaturated/α-hetero) is 1. The van der Waals surface area contributed by atoms with Gasteiger partial charge in [-0.3, -0.25) is 9.48 Å².